The number of amides is 2. The van der Waals surface area contributed by atoms with Crippen molar-refractivity contribution in [3.8, 4) is 11.5 Å². The zero-order valence-electron chi connectivity index (χ0n) is 13.3. The van der Waals surface area contributed by atoms with Gasteiger partial charge in [0.15, 0.2) is 0 Å². The Bertz CT molecular complexity index is 829. The Labute approximate surface area is 139 Å². The number of hydrogen-bond acceptors (Lipinski definition) is 5. The molecule has 0 aromatic heterocycles. The van der Waals surface area contributed by atoms with E-state index in [4.69, 9.17) is 9.47 Å². The first-order valence-corrected chi connectivity index (χ1v) is 7.27. The van der Waals surface area contributed by atoms with Crippen LogP contribution in [0.2, 0.25) is 0 Å². The fourth-order valence-corrected chi connectivity index (χ4v) is 2.41. The van der Waals surface area contributed by atoms with Crippen LogP contribution in [0, 0.1) is 0 Å². The van der Waals surface area contributed by atoms with Crippen molar-refractivity contribution in [1.82, 2.24) is 0 Å². The molecule has 0 bridgehead atoms. The maximum absolute atomic E-state index is 12.6. The van der Waals surface area contributed by atoms with Crippen molar-refractivity contribution in [3.63, 3.8) is 0 Å². The van der Waals surface area contributed by atoms with Crippen LogP contribution in [-0.4, -0.2) is 26.0 Å². The molecule has 0 saturated carbocycles. The summed E-state index contributed by atoms with van der Waals surface area (Å²) in [4.78, 5) is 25.9. The summed E-state index contributed by atoms with van der Waals surface area (Å²) in [5.41, 5.74) is 1.33. The third kappa shape index (κ3) is 2.94. The Balaban J connectivity index is 1.83. The molecule has 122 valence electrons. The van der Waals surface area contributed by atoms with Crippen LogP contribution in [0.3, 0.4) is 0 Å². The van der Waals surface area contributed by atoms with E-state index in [9.17, 15) is 9.59 Å². The van der Waals surface area contributed by atoms with Crippen molar-refractivity contribution >= 4 is 23.2 Å². The summed E-state index contributed by atoms with van der Waals surface area (Å²) >= 11 is 0. The van der Waals surface area contributed by atoms with Gasteiger partial charge in [-0.3, -0.25) is 9.59 Å². The van der Waals surface area contributed by atoms with Crippen LogP contribution in [0.25, 0.3) is 0 Å². The van der Waals surface area contributed by atoms with E-state index in [0.29, 0.717) is 22.9 Å². The van der Waals surface area contributed by atoms with Crippen LogP contribution in [-0.2, 0) is 9.59 Å². The molecule has 2 aromatic carbocycles. The highest BCUT2D eigenvalue weighted by molar-refractivity contribution is 6.31. The van der Waals surface area contributed by atoms with Gasteiger partial charge in [-0.1, -0.05) is 12.1 Å². The standard InChI is InChI=1S/C18H16N2O4/c1-23-14-7-3-5-12(9-14)19-16-11-17(21)20(18(16)22)13-6-4-8-15(10-13)24-2/h3-11,19H,1-2H3. The molecule has 2 aromatic rings. The summed E-state index contributed by atoms with van der Waals surface area (Å²) in [5.74, 6) is 0.402. The van der Waals surface area contributed by atoms with E-state index < -0.39 is 11.8 Å². The Kier molecular flexibility index (Phi) is 4.20. The fraction of sp³-hybridized carbons (Fsp3) is 0.111. The highest BCUT2D eigenvalue weighted by atomic mass is 16.5. The molecule has 0 spiro atoms. The van der Waals surface area contributed by atoms with Gasteiger partial charge in [0, 0.05) is 23.9 Å². The van der Waals surface area contributed by atoms with E-state index in [-0.39, 0.29) is 5.70 Å². The van der Waals surface area contributed by atoms with Gasteiger partial charge in [0.05, 0.1) is 19.9 Å². The Morgan fingerprint density at radius 1 is 0.917 bits per heavy atom. The highest BCUT2D eigenvalue weighted by Gasteiger charge is 2.32. The van der Waals surface area contributed by atoms with E-state index >= 15 is 0 Å². The lowest BCUT2D eigenvalue weighted by molar-refractivity contribution is -0.120. The van der Waals surface area contributed by atoms with Crippen molar-refractivity contribution in [2.45, 2.75) is 0 Å². The number of carbonyl (C=O) groups excluding carboxylic acids is 2. The van der Waals surface area contributed by atoms with Crippen molar-refractivity contribution < 1.29 is 19.1 Å². The maximum Gasteiger partial charge on any atom is 0.281 e. The summed E-state index contributed by atoms with van der Waals surface area (Å²) in [7, 11) is 3.09. The molecule has 1 aliphatic heterocycles. The number of methoxy groups -OCH3 is 2. The molecule has 0 aliphatic carbocycles. The molecule has 6 nitrogen and oxygen atoms in total. The number of rotatable bonds is 5. The summed E-state index contributed by atoms with van der Waals surface area (Å²) in [6, 6.07) is 13.9. The molecule has 0 radical (unpaired) electrons. The van der Waals surface area contributed by atoms with E-state index in [2.05, 4.69) is 5.32 Å². The molecule has 0 fully saturated rings. The van der Waals surface area contributed by atoms with E-state index in [1.807, 2.05) is 0 Å². The molecule has 24 heavy (non-hydrogen) atoms. The van der Waals surface area contributed by atoms with Gasteiger partial charge < -0.3 is 14.8 Å². The number of ether oxygens (including phenoxy) is 2. The average molecular weight is 324 g/mol. The summed E-state index contributed by atoms with van der Waals surface area (Å²) < 4.78 is 10.3. The highest BCUT2D eigenvalue weighted by Crippen LogP contribution is 2.27. The van der Waals surface area contributed by atoms with Crippen molar-refractivity contribution in [2.24, 2.45) is 0 Å². The molecular weight excluding hydrogens is 308 g/mol. The number of anilines is 2. The normalized spacial score (nSPS) is 13.8. The number of hydrogen-bond donors (Lipinski definition) is 1. The van der Waals surface area contributed by atoms with Gasteiger partial charge in [0.25, 0.3) is 11.8 Å². The van der Waals surface area contributed by atoms with Crippen LogP contribution < -0.4 is 19.7 Å². The minimum atomic E-state index is -0.420. The molecule has 6 heteroatoms. The van der Waals surface area contributed by atoms with Crippen molar-refractivity contribution in [2.75, 3.05) is 24.4 Å². The van der Waals surface area contributed by atoms with Gasteiger partial charge in [0.2, 0.25) is 0 Å². The van der Waals surface area contributed by atoms with E-state index in [1.54, 1.807) is 55.6 Å². The molecule has 0 unspecified atom stereocenters. The number of benzene rings is 2. The molecular formula is C18H16N2O4. The smallest absolute Gasteiger partial charge is 0.281 e. The zero-order valence-corrected chi connectivity index (χ0v) is 13.3. The van der Waals surface area contributed by atoms with Crippen LogP contribution in [0.15, 0.2) is 60.3 Å². The fourth-order valence-electron chi connectivity index (χ4n) is 2.41. The number of nitrogens with zero attached hydrogens (tertiary/aromatic N) is 1. The molecule has 1 aliphatic rings. The number of imide groups is 1. The second kappa shape index (κ2) is 6.45. The monoisotopic (exact) mass is 324 g/mol. The van der Waals surface area contributed by atoms with Crippen molar-refractivity contribution in [1.29, 1.82) is 0 Å². The third-order valence-corrected chi connectivity index (χ3v) is 3.58. The minimum Gasteiger partial charge on any atom is -0.497 e. The first kappa shape index (κ1) is 15.6. The third-order valence-electron chi connectivity index (χ3n) is 3.58. The number of nitrogens with one attached hydrogen (secondary N) is 1. The first-order chi connectivity index (χ1) is 11.6. The zero-order chi connectivity index (χ0) is 17.1. The molecule has 0 atom stereocenters. The second-order valence-electron chi connectivity index (χ2n) is 5.10. The lowest BCUT2D eigenvalue weighted by atomic mass is 10.2. The summed E-state index contributed by atoms with van der Waals surface area (Å²) in [5, 5.41) is 2.96. The van der Waals surface area contributed by atoms with Gasteiger partial charge in [-0.05, 0) is 24.3 Å². The van der Waals surface area contributed by atoms with Gasteiger partial charge in [-0.15, -0.1) is 0 Å². The van der Waals surface area contributed by atoms with Crippen LogP contribution in [0.1, 0.15) is 0 Å². The quantitative estimate of drug-likeness (QED) is 0.856. The lowest BCUT2D eigenvalue weighted by Crippen LogP contribution is -2.31. The Hall–Kier alpha value is -3.28. The summed E-state index contributed by atoms with van der Waals surface area (Å²) in [6.07, 6.45) is 1.28. The molecule has 0 saturated heterocycles. The number of carbonyl (C=O) groups is 2. The largest absolute Gasteiger partial charge is 0.497 e. The average Bonchev–Trinajstić information content (AvgIpc) is 2.88. The molecule has 2 amide bonds. The minimum absolute atomic E-state index is 0.205. The van der Waals surface area contributed by atoms with Crippen LogP contribution in [0.5, 0.6) is 11.5 Å². The topological polar surface area (TPSA) is 67.9 Å². The van der Waals surface area contributed by atoms with Crippen molar-refractivity contribution in [3.05, 3.63) is 60.3 Å². The molecule has 1 N–H and O–H groups in total. The Morgan fingerprint density at radius 3 is 2.29 bits per heavy atom. The van der Waals surface area contributed by atoms with Gasteiger partial charge in [-0.2, -0.15) is 0 Å². The predicted molar refractivity (Wildman–Crippen MR) is 90.2 cm³/mol. The maximum atomic E-state index is 12.6. The first-order valence-electron chi connectivity index (χ1n) is 7.27. The second-order valence-corrected chi connectivity index (χ2v) is 5.10. The van der Waals surface area contributed by atoms with Crippen LogP contribution >= 0.6 is 0 Å². The lowest BCUT2D eigenvalue weighted by Gasteiger charge is -2.16. The Morgan fingerprint density at radius 2 is 1.58 bits per heavy atom. The van der Waals surface area contributed by atoms with Gasteiger partial charge in [0.1, 0.15) is 17.2 Å². The van der Waals surface area contributed by atoms with E-state index in [0.717, 1.165) is 4.90 Å². The molecule has 1 heterocycles. The van der Waals surface area contributed by atoms with Gasteiger partial charge in [-0.25, -0.2) is 4.90 Å². The van der Waals surface area contributed by atoms with E-state index in [1.165, 1.54) is 13.2 Å². The molecule has 3 rings (SSSR count). The predicted octanol–water partition coefficient (Wildman–Crippen LogP) is 2.57. The summed E-state index contributed by atoms with van der Waals surface area (Å²) in [6.45, 7) is 0. The van der Waals surface area contributed by atoms with Crippen LogP contribution in [0.4, 0.5) is 11.4 Å². The van der Waals surface area contributed by atoms with Gasteiger partial charge >= 0.3 is 0 Å². The SMILES string of the molecule is COc1cccc(NC2=CC(=O)N(c3cccc(OC)c3)C2=O)c1.